The summed E-state index contributed by atoms with van der Waals surface area (Å²) >= 11 is 1.06. The highest BCUT2D eigenvalue weighted by Crippen LogP contribution is 2.27. The fourth-order valence-corrected chi connectivity index (χ4v) is 4.20. The molecule has 0 fully saturated rings. The van der Waals surface area contributed by atoms with Crippen LogP contribution < -0.4 is 15.6 Å². The van der Waals surface area contributed by atoms with Gasteiger partial charge in [-0.15, -0.1) is 0 Å². The Labute approximate surface area is 198 Å². The number of aromatic nitrogens is 2. The van der Waals surface area contributed by atoms with E-state index < -0.39 is 10.8 Å². The largest absolute Gasteiger partial charge is 0.497 e. The third-order valence-corrected chi connectivity index (χ3v) is 5.97. The van der Waals surface area contributed by atoms with Gasteiger partial charge in [0.15, 0.2) is 5.16 Å². The number of nitrogens with zero attached hydrogens (tertiary/aromatic N) is 3. The first kappa shape index (κ1) is 23.0. The first-order valence-corrected chi connectivity index (χ1v) is 11.2. The van der Waals surface area contributed by atoms with Gasteiger partial charge in [0.1, 0.15) is 11.4 Å². The molecule has 3 aromatic carbocycles. The summed E-state index contributed by atoms with van der Waals surface area (Å²) in [4.78, 5) is 41.3. The maximum atomic E-state index is 13.3. The maximum Gasteiger partial charge on any atom is 0.293 e. The number of nitrogens with one attached hydrogen (secondary N) is 1. The predicted octanol–water partition coefficient (Wildman–Crippen LogP) is 4.34. The molecule has 4 aromatic rings. The van der Waals surface area contributed by atoms with E-state index in [0.29, 0.717) is 33.1 Å². The van der Waals surface area contributed by atoms with Crippen LogP contribution in [-0.2, 0) is 4.79 Å². The Bertz CT molecular complexity index is 1450. The van der Waals surface area contributed by atoms with Crippen molar-refractivity contribution >= 4 is 39.9 Å². The van der Waals surface area contributed by atoms with Crippen LogP contribution in [0.3, 0.4) is 0 Å². The van der Waals surface area contributed by atoms with Crippen LogP contribution in [0.5, 0.6) is 5.75 Å². The van der Waals surface area contributed by atoms with Crippen LogP contribution in [0.4, 0.5) is 11.4 Å². The standard InChI is InChI=1S/C24H20N4O5S/c1-15-7-12-20(21(13-15)28(31)32)25-22(29)14-34-24-26-19-6-4-3-5-18(19)23(30)27(24)16-8-10-17(33-2)11-9-16/h3-13H,14H2,1-2H3,(H,25,29). The number of aryl methyl sites for hydroxylation is 1. The topological polar surface area (TPSA) is 116 Å². The average Bonchev–Trinajstić information content (AvgIpc) is 2.84. The van der Waals surface area contributed by atoms with E-state index in [-0.39, 0.29) is 22.7 Å². The molecule has 0 atom stereocenters. The minimum Gasteiger partial charge on any atom is -0.497 e. The summed E-state index contributed by atoms with van der Waals surface area (Å²) in [7, 11) is 1.55. The average molecular weight is 477 g/mol. The fraction of sp³-hybridized carbons (Fsp3) is 0.125. The molecule has 1 aromatic heterocycles. The molecule has 1 heterocycles. The van der Waals surface area contributed by atoms with Crippen LogP contribution in [0, 0.1) is 17.0 Å². The van der Waals surface area contributed by atoms with Crippen molar-refractivity contribution in [3.63, 3.8) is 0 Å². The Balaban J connectivity index is 1.66. The summed E-state index contributed by atoms with van der Waals surface area (Å²) in [6.07, 6.45) is 0. The van der Waals surface area contributed by atoms with Crippen LogP contribution in [0.1, 0.15) is 5.56 Å². The second-order valence-electron chi connectivity index (χ2n) is 7.36. The molecule has 1 N–H and O–H groups in total. The minimum atomic E-state index is -0.540. The molecule has 0 unspecified atom stereocenters. The number of anilines is 1. The van der Waals surface area contributed by atoms with Gasteiger partial charge in [-0.25, -0.2) is 4.98 Å². The van der Waals surface area contributed by atoms with Crippen LogP contribution in [-0.4, -0.2) is 33.2 Å². The highest BCUT2D eigenvalue weighted by atomic mass is 32.2. The monoisotopic (exact) mass is 476 g/mol. The molecule has 0 saturated heterocycles. The number of nitro benzene ring substituents is 1. The number of benzene rings is 3. The molecule has 34 heavy (non-hydrogen) atoms. The number of hydrogen-bond donors (Lipinski definition) is 1. The van der Waals surface area contributed by atoms with Gasteiger partial charge in [0.05, 0.1) is 34.4 Å². The zero-order valence-corrected chi connectivity index (χ0v) is 19.2. The van der Waals surface area contributed by atoms with Gasteiger partial charge in [0.25, 0.3) is 11.2 Å². The molecule has 0 aliphatic rings. The molecule has 0 aliphatic heterocycles. The lowest BCUT2D eigenvalue weighted by molar-refractivity contribution is -0.384. The zero-order chi connectivity index (χ0) is 24.2. The van der Waals surface area contributed by atoms with Crippen LogP contribution in [0.25, 0.3) is 16.6 Å². The van der Waals surface area contributed by atoms with Crippen molar-refractivity contribution in [3.8, 4) is 11.4 Å². The second-order valence-corrected chi connectivity index (χ2v) is 8.31. The molecule has 172 valence electrons. The van der Waals surface area contributed by atoms with Gasteiger partial charge < -0.3 is 10.1 Å². The van der Waals surface area contributed by atoms with Gasteiger partial charge in [0.2, 0.25) is 5.91 Å². The SMILES string of the molecule is COc1ccc(-n2c(SCC(=O)Nc3ccc(C)cc3[N+](=O)[O-])nc3ccccc3c2=O)cc1. The van der Waals surface area contributed by atoms with Crippen molar-refractivity contribution in [2.75, 3.05) is 18.2 Å². The highest BCUT2D eigenvalue weighted by Gasteiger charge is 2.18. The molecule has 0 bridgehead atoms. The summed E-state index contributed by atoms with van der Waals surface area (Å²) in [5.41, 5.74) is 1.45. The number of nitro groups is 1. The van der Waals surface area contributed by atoms with E-state index in [4.69, 9.17) is 4.74 Å². The molecular weight excluding hydrogens is 456 g/mol. The number of methoxy groups -OCH3 is 1. The number of fused-ring (bicyclic) bond motifs is 1. The molecule has 0 radical (unpaired) electrons. The van der Waals surface area contributed by atoms with Crippen LogP contribution >= 0.6 is 11.8 Å². The number of rotatable bonds is 7. The van der Waals surface area contributed by atoms with E-state index in [1.807, 2.05) is 0 Å². The minimum absolute atomic E-state index is 0.105. The predicted molar refractivity (Wildman–Crippen MR) is 131 cm³/mol. The number of para-hydroxylation sites is 1. The van der Waals surface area contributed by atoms with E-state index in [1.54, 1.807) is 68.6 Å². The summed E-state index contributed by atoms with van der Waals surface area (Å²) in [5, 5.41) is 14.7. The lowest BCUT2D eigenvalue weighted by atomic mass is 10.2. The Morgan fingerprint density at radius 2 is 1.88 bits per heavy atom. The molecule has 1 amide bonds. The number of amides is 1. The van der Waals surface area contributed by atoms with Crippen molar-refractivity contribution in [2.24, 2.45) is 0 Å². The second kappa shape index (κ2) is 9.75. The molecule has 0 saturated carbocycles. The third-order valence-electron chi connectivity index (χ3n) is 5.03. The molecule has 9 nitrogen and oxygen atoms in total. The van der Waals surface area contributed by atoms with E-state index >= 15 is 0 Å². The quantitative estimate of drug-likeness (QED) is 0.182. The lowest BCUT2D eigenvalue weighted by Gasteiger charge is -2.14. The van der Waals surface area contributed by atoms with E-state index in [1.165, 1.54) is 16.7 Å². The number of carbonyl (C=O) groups is 1. The van der Waals surface area contributed by atoms with E-state index in [0.717, 1.165) is 11.8 Å². The summed E-state index contributed by atoms with van der Waals surface area (Å²) < 4.78 is 6.63. The maximum absolute atomic E-state index is 13.3. The van der Waals surface area contributed by atoms with Crippen molar-refractivity contribution in [2.45, 2.75) is 12.1 Å². The van der Waals surface area contributed by atoms with Crippen molar-refractivity contribution in [1.82, 2.24) is 9.55 Å². The summed E-state index contributed by atoms with van der Waals surface area (Å²) in [6, 6.07) is 18.5. The lowest BCUT2D eigenvalue weighted by Crippen LogP contribution is -2.23. The van der Waals surface area contributed by atoms with Crippen molar-refractivity contribution < 1.29 is 14.5 Å². The van der Waals surface area contributed by atoms with E-state index in [2.05, 4.69) is 10.3 Å². The Morgan fingerprint density at radius 1 is 1.15 bits per heavy atom. The molecule has 4 rings (SSSR count). The molecule has 10 heteroatoms. The summed E-state index contributed by atoms with van der Waals surface area (Å²) in [6.45, 7) is 1.73. The summed E-state index contributed by atoms with van der Waals surface area (Å²) in [5.74, 6) is 0.0749. The number of carbonyl (C=O) groups excluding carboxylic acids is 1. The van der Waals surface area contributed by atoms with Gasteiger partial charge in [-0.05, 0) is 55.0 Å². The van der Waals surface area contributed by atoms with E-state index in [9.17, 15) is 19.7 Å². The number of thioether (sulfide) groups is 1. The van der Waals surface area contributed by atoms with Crippen LogP contribution in [0.15, 0.2) is 76.7 Å². The van der Waals surface area contributed by atoms with Crippen molar-refractivity contribution in [1.29, 1.82) is 0 Å². The zero-order valence-electron chi connectivity index (χ0n) is 18.3. The molecule has 0 aliphatic carbocycles. The Morgan fingerprint density at radius 3 is 2.59 bits per heavy atom. The van der Waals surface area contributed by atoms with Gasteiger partial charge in [0, 0.05) is 6.07 Å². The first-order chi connectivity index (χ1) is 16.4. The fourth-order valence-electron chi connectivity index (χ4n) is 3.38. The smallest absolute Gasteiger partial charge is 0.293 e. The third kappa shape index (κ3) is 4.76. The normalized spacial score (nSPS) is 10.8. The van der Waals surface area contributed by atoms with Crippen LogP contribution in [0.2, 0.25) is 0 Å². The Kier molecular flexibility index (Phi) is 6.60. The Hall–Kier alpha value is -4.18. The molecular formula is C24H20N4O5S. The van der Waals surface area contributed by atoms with Gasteiger partial charge in [-0.2, -0.15) is 0 Å². The van der Waals surface area contributed by atoms with Gasteiger partial charge in [-0.1, -0.05) is 30.0 Å². The number of hydrogen-bond acceptors (Lipinski definition) is 7. The molecule has 0 spiro atoms. The van der Waals surface area contributed by atoms with Gasteiger partial charge >= 0.3 is 0 Å². The highest BCUT2D eigenvalue weighted by molar-refractivity contribution is 7.99. The van der Waals surface area contributed by atoms with Gasteiger partial charge in [-0.3, -0.25) is 24.3 Å². The number of ether oxygens (including phenoxy) is 1. The first-order valence-electron chi connectivity index (χ1n) is 10.2. The van der Waals surface area contributed by atoms with Crippen molar-refractivity contribution in [3.05, 3.63) is 92.8 Å².